The number of amides is 1. The van der Waals surface area contributed by atoms with Crippen LogP contribution in [0.3, 0.4) is 0 Å². The number of benzene rings is 1. The minimum Gasteiger partial charge on any atom is -0.352 e. The highest BCUT2D eigenvalue weighted by molar-refractivity contribution is 5.78. The molecule has 0 aliphatic heterocycles. The summed E-state index contributed by atoms with van der Waals surface area (Å²) in [4.78, 5) is 12.0. The van der Waals surface area contributed by atoms with E-state index in [9.17, 15) is 4.79 Å². The smallest absolute Gasteiger partial charge is 0.224 e. The second-order valence-electron chi connectivity index (χ2n) is 5.25. The van der Waals surface area contributed by atoms with Crippen molar-refractivity contribution in [1.82, 2.24) is 15.1 Å². The van der Waals surface area contributed by atoms with Crippen LogP contribution < -0.4 is 11.1 Å². The fraction of sp³-hybridized carbons (Fsp3) is 0.375. The Morgan fingerprint density at radius 2 is 1.86 bits per heavy atom. The summed E-state index contributed by atoms with van der Waals surface area (Å²) in [6.45, 7) is 5.00. The molecule has 0 spiro atoms. The molecule has 0 aliphatic rings. The van der Waals surface area contributed by atoms with Gasteiger partial charge in [0.15, 0.2) is 0 Å². The Bertz CT molecular complexity index is 628. The van der Waals surface area contributed by atoms with Gasteiger partial charge in [0.05, 0.1) is 12.1 Å². The number of nitrogens with two attached hydrogens (primary N) is 1. The van der Waals surface area contributed by atoms with Crippen molar-refractivity contribution < 1.29 is 4.79 Å². The third-order valence-electron chi connectivity index (χ3n) is 3.74. The number of hydrogen-bond donors (Lipinski definition) is 2. The number of aromatic nitrogens is 2. The summed E-state index contributed by atoms with van der Waals surface area (Å²) in [5.41, 5.74) is 10.7. The van der Waals surface area contributed by atoms with Crippen LogP contribution >= 0.6 is 0 Å². The van der Waals surface area contributed by atoms with Crippen LogP contribution in [0.15, 0.2) is 24.3 Å². The number of carbonyl (C=O) groups excluding carboxylic acids is 1. The maximum Gasteiger partial charge on any atom is 0.224 e. The predicted octanol–water partition coefficient (Wildman–Crippen LogP) is 1.35. The number of nitrogens with one attached hydrogen (secondary N) is 1. The number of nitrogens with zero attached hydrogens (tertiary/aromatic N) is 2. The number of hydrogen-bond acceptors (Lipinski definition) is 3. The molecule has 0 fully saturated rings. The summed E-state index contributed by atoms with van der Waals surface area (Å²) in [6, 6.07) is 7.81. The third kappa shape index (κ3) is 3.70. The second-order valence-corrected chi connectivity index (χ2v) is 5.25. The van der Waals surface area contributed by atoms with E-state index < -0.39 is 0 Å². The van der Waals surface area contributed by atoms with E-state index in [0.29, 0.717) is 19.5 Å². The summed E-state index contributed by atoms with van der Waals surface area (Å²) in [7, 11) is 1.91. The van der Waals surface area contributed by atoms with Gasteiger partial charge in [0.2, 0.25) is 5.91 Å². The average molecular weight is 286 g/mol. The molecule has 0 aliphatic carbocycles. The van der Waals surface area contributed by atoms with Crippen LogP contribution in [0.25, 0.3) is 0 Å². The Balaban J connectivity index is 1.92. The molecule has 2 aromatic rings. The highest BCUT2D eigenvalue weighted by Crippen LogP contribution is 2.11. The van der Waals surface area contributed by atoms with Gasteiger partial charge in [-0.05, 0) is 25.0 Å². The monoisotopic (exact) mass is 286 g/mol. The van der Waals surface area contributed by atoms with Gasteiger partial charge in [-0.3, -0.25) is 9.48 Å². The topological polar surface area (TPSA) is 72.9 Å². The maximum absolute atomic E-state index is 12.0. The molecule has 21 heavy (non-hydrogen) atoms. The van der Waals surface area contributed by atoms with Crippen LogP contribution in [0.4, 0.5) is 0 Å². The molecule has 0 bridgehead atoms. The SMILES string of the molecule is Cc1nn(C)c(C)c1CNC(=O)Cc1ccc(CN)cc1. The van der Waals surface area contributed by atoms with Crippen LogP contribution in [0, 0.1) is 13.8 Å². The zero-order valence-corrected chi connectivity index (χ0v) is 12.8. The van der Waals surface area contributed by atoms with Crippen LogP contribution in [0.2, 0.25) is 0 Å². The van der Waals surface area contributed by atoms with E-state index >= 15 is 0 Å². The molecule has 5 nitrogen and oxygen atoms in total. The molecule has 5 heteroatoms. The van der Waals surface area contributed by atoms with Crippen LogP contribution in [-0.4, -0.2) is 15.7 Å². The summed E-state index contributed by atoms with van der Waals surface area (Å²) in [5, 5.41) is 7.30. The fourth-order valence-corrected chi connectivity index (χ4v) is 2.30. The van der Waals surface area contributed by atoms with Gasteiger partial charge >= 0.3 is 0 Å². The highest BCUT2D eigenvalue weighted by atomic mass is 16.1. The van der Waals surface area contributed by atoms with Gasteiger partial charge in [0, 0.05) is 31.4 Å². The van der Waals surface area contributed by atoms with Gasteiger partial charge in [0.1, 0.15) is 0 Å². The lowest BCUT2D eigenvalue weighted by Gasteiger charge is -2.06. The maximum atomic E-state index is 12.0. The normalized spacial score (nSPS) is 10.7. The van der Waals surface area contributed by atoms with E-state index in [1.807, 2.05) is 49.8 Å². The minimum atomic E-state index is 0.0122. The zero-order valence-electron chi connectivity index (χ0n) is 12.8. The Kier molecular flexibility index (Phi) is 4.75. The quantitative estimate of drug-likeness (QED) is 0.871. The molecule has 0 atom stereocenters. The average Bonchev–Trinajstić information content (AvgIpc) is 2.71. The Morgan fingerprint density at radius 1 is 1.24 bits per heavy atom. The molecular formula is C16H22N4O. The molecule has 1 heterocycles. The van der Waals surface area contributed by atoms with Gasteiger partial charge in [0.25, 0.3) is 0 Å². The number of carbonyl (C=O) groups is 1. The van der Waals surface area contributed by atoms with Crippen LogP contribution in [-0.2, 0) is 31.4 Å². The van der Waals surface area contributed by atoms with Crippen molar-refractivity contribution in [2.24, 2.45) is 12.8 Å². The van der Waals surface area contributed by atoms with Crippen LogP contribution in [0.5, 0.6) is 0 Å². The predicted molar refractivity (Wildman–Crippen MR) is 82.6 cm³/mol. The van der Waals surface area contributed by atoms with Gasteiger partial charge in [-0.15, -0.1) is 0 Å². The van der Waals surface area contributed by atoms with Crippen LogP contribution in [0.1, 0.15) is 28.1 Å². The summed E-state index contributed by atoms with van der Waals surface area (Å²) < 4.78 is 1.84. The van der Waals surface area contributed by atoms with Crippen molar-refractivity contribution in [3.8, 4) is 0 Å². The second kappa shape index (κ2) is 6.54. The van der Waals surface area contributed by atoms with Gasteiger partial charge < -0.3 is 11.1 Å². The van der Waals surface area contributed by atoms with Gasteiger partial charge in [-0.1, -0.05) is 24.3 Å². The van der Waals surface area contributed by atoms with E-state index in [-0.39, 0.29) is 5.91 Å². The largest absolute Gasteiger partial charge is 0.352 e. The lowest BCUT2D eigenvalue weighted by Crippen LogP contribution is -2.25. The van der Waals surface area contributed by atoms with Crippen molar-refractivity contribution in [1.29, 1.82) is 0 Å². The Labute approximate surface area is 125 Å². The lowest BCUT2D eigenvalue weighted by atomic mass is 10.1. The first-order valence-corrected chi connectivity index (χ1v) is 7.05. The number of rotatable bonds is 5. The highest BCUT2D eigenvalue weighted by Gasteiger charge is 2.10. The van der Waals surface area contributed by atoms with E-state index in [4.69, 9.17) is 5.73 Å². The van der Waals surface area contributed by atoms with Gasteiger partial charge in [-0.2, -0.15) is 5.10 Å². The number of aryl methyl sites for hydroxylation is 2. The Hall–Kier alpha value is -2.14. The zero-order chi connectivity index (χ0) is 15.4. The van der Waals surface area contributed by atoms with E-state index in [2.05, 4.69) is 10.4 Å². The fourth-order valence-electron chi connectivity index (χ4n) is 2.30. The molecule has 0 saturated carbocycles. The van der Waals surface area contributed by atoms with Crippen molar-refractivity contribution >= 4 is 5.91 Å². The van der Waals surface area contributed by atoms with Crippen molar-refractivity contribution in [2.45, 2.75) is 33.4 Å². The summed E-state index contributed by atoms with van der Waals surface area (Å²) in [5.74, 6) is 0.0122. The first kappa shape index (κ1) is 15.3. The summed E-state index contributed by atoms with van der Waals surface area (Å²) >= 11 is 0. The molecule has 112 valence electrons. The van der Waals surface area contributed by atoms with E-state index in [0.717, 1.165) is 28.1 Å². The molecule has 3 N–H and O–H groups in total. The van der Waals surface area contributed by atoms with Gasteiger partial charge in [-0.25, -0.2) is 0 Å². The minimum absolute atomic E-state index is 0.0122. The first-order valence-electron chi connectivity index (χ1n) is 7.05. The standard InChI is InChI=1S/C16H22N4O/c1-11-15(12(2)20(3)19-11)10-18-16(21)8-13-4-6-14(9-17)7-5-13/h4-7H,8-10,17H2,1-3H3,(H,18,21). The Morgan fingerprint density at radius 3 is 2.38 bits per heavy atom. The lowest BCUT2D eigenvalue weighted by molar-refractivity contribution is -0.120. The first-order chi connectivity index (χ1) is 10.0. The molecular weight excluding hydrogens is 264 g/mol. The molecule has 1 aromatic heterocycles. The van der Waals surface area contributed by atoms with Crippen molar-refractivity contribution in [2.75, 3.05) is 0 Å². The molecule has 0 unspecified atom stereocenters. The molecule has 2 rings (SSSR count). The molecule has 1 aromatic carbocycles. The van der Waals surface area contributed by atoms with E-state index in [1.54, 1.807) is 0 Å². The molecule has 0 saturated heterocycles. The summed E-state index contributed by atoms with van der Waals surface area (Å²) in [6.07, 6.45) is 0.378. The third-order valence-corrected chi connectivity index (χ3v) is 3.74. The molecule has 1 amide bonds. The van der Waals surface area contributed by atoms with Crippen molar-refractivity contribution in [3.63, 3.8) is 0 Å². The van der Waals surface area contributed by atoms with E-state index in [1.165, 1.54) is 0 Å². The van der Waals surface area contributed by atoms with Crippen molar-refractivity contribution in [3.05, 3.63) is 52.3 Å². The molecule has 0 radical (unpaired) electrons.